The summed E-state index contributed by atoms with van der Waals surface area (Å²) in [4.78, 5) is 11.1. The molecule has 0 amide bonds. The zero-order chi connectivity index (χ0) is 15.1. The number of aromatic nitrogens is 2. The summed E-state index contributed by atoms with van der Waals surface area (Å²) in [7, 11) is 1.66. The highest BCUT2D eigenvalue weighted by atomic mass is 35.5. The summed E-state index contributed by atoms with van der Waals surface area (Å²) in [6, 6.07) is 3.28. The number of fused-ring (bicyclic) bond motifs is 1. The first-order chi connectivity index (χ1) is 9.99. The van der Waals surface area contributed by atoms with Crippen molar-refractivity contribution < 1.29 is 15.0 Å². The van der Waals surface area contributed by atoms with Gasteiger partial charge in [-0.3, -0.25) is 4.68 Å². The molecule has 1 aromatic heterocycles. The van der Waals surface area contributed by atoms with E-state index in [9.17, 15) is 9.90 Å². The maximum Gasteiger partial charge on any atom is 0.356 e. The van der Waals surface area contributed by atoms with Crippen LogP contribution in [0.3, 0.4) is 0 Å². The predicted octanol–water partition coefficient (Wildman–Crippen LogP) is 3.02. The van der Waals surface area contributed by atoms with E-state index < -0.39 is 5.97 Å². The number of phenols is 1. The number of hydrogen-bond acceptors (Lipinski definition) is 3. The molecule has 0 bridgehead atoms. The molecule has 1 aliphatic rings. The molecule has 0 fully saturated rings. The van der Waals surface area contributed by atoms with Crippen LogP contribution in [0, 0.1) is 0 Å². The molecule has 2 aromatic rings. The van der Waals surface area contributed by atoms with Gasteiger partial charge in [0.1, 0.15) is 5.75 Å². The molecule has 2 N–H and O–H groups in total. The first-order valence-corrected chi connectivity index (χ1v) is 7.17. The number of aromatic carboxylic acids is 1. The quantitative estimate of drug-likeness (QED) is 0.894. The minimum absolute atomic E-state index is 0.00254. The number of aryl methyl sites for hydroxylation is 2. The minimum atomic E-state index is -1.09. The molecule has 0 unspecified atom stereocenters. The van der Waals surface area contributed by atoms with Gasteiger partial charge in [0.25, 0.3) is 0 Å². The van der Waals surface area contributed by atoms with Gasteiger partial charge in [0.05, 0.1) is 10.7 Å². The molecule has 110 valence electrons. The van der Waals surface area contributed by atoms with E-state index in [1.165, 1.54) is 10.7 Å². The second kappa shape index (κ2) is 5.07. The minimum Gasteiger partial charge on any atom is -0.506 e. The van der Waals surface area contributed by atoms with Crippen molar-refractivity contribution in [1.82, 2.24) is 9.78 Å². The Kier molecular flexibility index (Phi) is 3.37. The molecular weight excluding hydrogens is 292 g/mol. The first kappa shape index (κ1) is 13.9. The average molecular weight is 307 g/mol. The molecule has 0 spiro atoms. The molecule has 5 nitrogen and oxygen atoms in total. The Balaban J connectivity index is 2.26. The molecule has 0 saturated carbocycles. The lowest BCUT2D eigenvalue weighted by molar-refractivity contribution is 0.0689. The van der Waals surface area contributed by atoms with Crippen molar-refractivity contribution in [3.05, 3.63) is 34.0 Å². The third-order valence-electron chi connectivity index (χ3n) is 3.93. The van der Waals surface area contributed by atoms with Crippen molar-refractivity contribution in [2.75, 3.05) is 0 Å². The molecule has 21 heavy (non-hydrogen) atoms. The smallest absolute Gasteiger partial charge is 0.356 e. The maximum atomic E-state index is 11.1. The Labute approximate surface area is 126 Å². The largest absolute Gasteiger partial charge is 0.506 e. The van der Waals surface area contributed by atoms with E-state index in [0.29, 0.717) is 16.3 Å². The number of carboxylic acids is 1. The van der Waals surface area contributed by atoms with Gasteiger partial charge in [0, 0.05) is 12.6 Å². The van der Waals surface area contributed by atoms with Crippen LogP contribution in [0.1, 0.15) is 34.5 Å². The van der Waals surface area contributed by atoms with Gasteiger partial charge in [-0.15, -0.1) is 0 Å². The average Bonchev–Trinajstić information content (AvgIpc) is 2.82. The van der Waals surface area contributed by atoms with Crippen LogP contribution in [0.4, 0.5) is 0 Å². The number of phenolic OH excluding ortho intramolecular Hbond substituents is 1. The number of aromatic hydroxyl groups is 1. The Bertz CT molecular complexity index is 737. The summed E-state index contributed by atoms with van der Waals surface area (Å²) in [5.41, 5.74) is 3.31. The Hall–Kier alpha value is -2.01. The van der Waals surface area contributed by atoms with Crippen molar-refractivity contribution in [3.63, 3.8) is 0 Å². The summed E-state index contributed by atoms with van der Waals surface area (Å²) in [5.74, 6) is -1.09. The summed E-state index contributed by atoms with van der Waals surface area (Å²) < 4.78 is 1.48. The lowest BCUT2D eigenvalue weighted by atomic mass is 9.86. The number of nitrogens with zero attached hydrogens (tertiary/aromatic N) is 2. The molecule has 0 aliphatic heterocycles. The number of carboxylic acid groups (broad SMARTS) is 1. The van der Waals surface area contributed by atoms with E-state index in [-0.39, 0.29) is 11.4 Å². The van der Waals surface area contributed by atoms with Crippen molar-refractivity contribution in [2.24, 2.45) is 7.05 Å². The zero-order valence-electron chi connectivity index (χ0n) is 11.6. The van der Waals surface area contributed by atoms with Gasteiger partial charge in [-0.2, -0.15) is 5.10 Å². The normalized spacial score (nSPS) is 14.0. The van der Waals surface area contributed by atoms with E-state index in [2.05, 4.69) is 5.10 Å². The van der Waals surface area contributed by atoms with Gasteiger partial charge in [-0.1, -0.05) is 11.6 Å². The van der Waals surface area contributed by atoms with E-state index in [4.69, 9.17) is 16.7 Å². The SMILES string of the molecule is Cn1nc(C(=O)O)cc1-c1c(O)c(Cl)cc2c1CCCC2. The fourth-order valence-corrected chi connectivity index (χ4v) is 3.17. The summed E-state index contributed by atoms with van der Waals surface area (Å²) in [6.07, 6.45) is 3.92. The van der Waals surface area contributed by atoms with Gasteiger partial charge < -0.3 is 10.2 Å². The molecule has 0 saturated heterocycles. The third-order valence-corrected chi connectivity index (χ3v) is 4.22. The van der Waals surface area contributed by atoms with Crippen LogP contribution in [0.15, 0.2) is 12.1 Å². The van der Waals surface area contributed by atoms with E-state index in [1.807, 2.05) is 6.07 Å². The van der Waals surface area contributed by atoms with E-state index >= 15 is 0 Å². The highest BCUT2D eigenvalue weighted by molar-refractivity contribution is 6.32. The Morgan fingerprint density at radius 1 is 1.33 bits per heavy atom. The van der Waals surface area contributed by atoms with Crippen LogP contribution in [0.2, 0.25) is 5.02 Å². The highest BCUT2D eigenvalue weighted by Gasteiger charge is 2.24. The summed E-state index contributed by atoms with van der Waals surface area (Å²) in [6.45, 7) is 0. The highest BCUT2D eigenvalue weighted by Crippen LogP contribution is 2.42. The van der Waals surface area contributed by atoms with Crippen LogP contribution in [0.25, 0.3) is 11.3 Å². The van der Waals surface area contributed by atoms with Gasteiger partial charge in [0.2, 0.25) is 0 Å². The monoisotopic (exact) mass is 306 g/mol. The topological polar surface area (TPSA) is 75.4 Å². The lowest BCUT2D eigenvalue weighted by Crippen LogP contribution is -2.06. The van der Waals surface area contributed by atoms with Crippen molar-refractivity contribution >= 4 is 17.6 Å². The maximum absolute atomic E-state index is 11.1. The van der Waals surface area contributed by atoms with Crippen molar-refractivity contribution in [3.8, 4) is 17.0 Å². The second-order valence-electron chi connectivity index (χ2n) is 5.27. The fourth-order valence-electron chi connectivity index (χ4n) is 2.94. The van der Waals surface area contributed by atoms with Crippen LogP contribution in [0.5, 0.6) is 5.75 Å². The molecule has 0 atom stereocenters. The Morgan fingerprint density at radius 3 is 2.71 bits per heavy atom. The van der Waals surface area contributed by atoms with Crippen LogP contribution in [-0.2, 0) is 19.9 Å². The molecule has 6 heteroatoms. The van der Waals surface area contributed by atoms with Crippen LogP contribution in [-0.4, -0.2) is 26.0 Å². The van der Waals surface area contributed by atoms with Crippen LogP contribution < -0.4 is 0 Å². The molecule has 1 heterocycles. The number of rotatable bonds is 2. The standard InChI is InChI=1S/C15H15ClN2O3/c1-18-12(7-11(17-18)15(20)21)13-9-5-3-2-4-8(9)6-10(16)14(13)19/h6-7,19H,2-5H2,1H3,(H,20,21). The summed E-state index contributed by atoms with van der Waals surface area (Å²) >= 11 is 6.13. The number of carbonyl (C=O) groups is 1. The molecule has 3 rings (SSSR count). The van der Waals surface area contributed by atoms with Gasteiger partial charge >= 0.3 is 5.97 Å². The molecule has 0 radical (unpaired) electrons. The first-order valence-electron chi connectivity index (χ1n) is 6.80. The van der Waals surface area contributed by atoms with E-state index in [0.717, 1.165) is 36.8 Å². The van der Waals surface area contributed by atoms with Crippen molar-refractivity contribution in [2.45, 2.75) is 25.7 Å². The van der Waals surface area contributed by atoms with E-state index in [1.54, 1.807) is 7.05 Å². The summed E-state index contributed by atoms with van der Waals surface area (Å²) in [5, 5.41) is 23.7. The van der Waals surface area contributed by atoms with Crippen LogP contribution >= 0.6 is 11.6 Å². The Morgan fingerprint density at radius 2 is 2.05 bits per heavy atom. The molecular formula is C15H15ClN2O3. The van der Waals surface area contributed by atoms with Gasteiger partial charge in [-0.25, -0.2) is 4.79 Å². The molecule has 1 aliphatic carbocycles. The van der Waals surface area contributed by atoms with Gasteiger partial charge in [0.15, 0.2) is 5.69 Å². The number of benzene rings is 1. The molecule has 1 aromatic carbocycles. The van der Waals surface area contributed by atoms with Crippen molar-refractivity contribution in [1.29, 1.82) is 0 Å². The third kappa shape index (κ3) is 2.27. The van der Waals surface area contributed by atoms with Gasteiger partial charge in [-0.05, 0) is 48.9 Å². The number of hydrogen-bond donors (Lipinski definition) is 2. The second-order valence-corrected chi connectivity index (χ2v) is 5.68. The number of halogens is 1. The lowest BCUT2D eigenvalue weighted by Gasteiger charge is -2.21. The fraction of sp³-hybridized carbons (Fsp3) is 0.333. The zero-order valence-corrected chi connectivity index (χ0v) is 12.3. The predicted molar refractivity (Wildman–Crippen MR) is 78.9 cm³/mol.